The first kappa shape index (κ1) is 11.2. The fourth-order valence-electron chi connectivity index (χ4n) is 0.627. The summed E-state index contributed by atoms with van der Waals surface area (Å²) in [6, 6.07) is 0. The van der Waals surface area contributed by atoms with E-state index >= 15 is 0 Å². The normalized spacial score (nSPS) is 18.1. The Balaban J connectivity index is 4.29. The van der Waals surface area contributed by atoms with Crippen molar-refractivity contribution >= 4 is 11.6 Å². The van der Waals surface area contributed by atoms with Gasteiger partial charge in [0.05, 0.1) is 6.10 Å². The zero-order chi connectivity index (χ0) is 9.89. The Labute approximate surface area is 69.6 Å². The summed E-state index contributed by atoms with van der Waals surface area (Å²) >= 11 is 0. The van der Waals surface area contributed by atoms with Crippen LogP contribution in [0.4, 0.5) is 0 Å². The molecule has 0 aromatic carbocycles. The lowest BCUT2D eigenvalue weighted by Gasteiger charge is -2.17. The zero-order valence-electron chi connectivity index (χ0n) is 6.89. The molecule has 0 heterocycles. The molecular formula is C7H12O5. The molecule has 0 rings (SSSR count). The molecule has 0 saturated carbocycles. The maximum Gasteiger partial charge on any atom is 0.229 e. The van der Waals surface area contributed by atoms with Gasteiger partial charge in [0.25, 0.3) is 0 Å². The van der Waals surface area contributed by atoms with Crippen LogP contribution in [0, 0.1) is 0 Å². The summed E-state index contributed by atoms with van der Waals surface area (Å²) < 4.78 is 0. The summed E-state index contributed by atoms with van der Waals surface area (Å²) in [4.78, 5) is 21.1. The van der Waals surface area contributed by atoms with E-state index in [1.165, 1.54) is 6.92 Å². The average molecular weight is 176 g/mol. The molecule has 3 atom stereocenters. The van der Waals surface area contributed by atoms with Gasteiger partial charge in [-0.2, -0.15) is 0 Å². The number of aliphatic hydroxyl groups is 3. The molecular weight excluding hydrogens is 164 g/mol. The Kier molecular flexibility index (Phi) is 4.02. The van der Waals surface area contributed by atoms with Crippen molar-refractivity contribution in [2.45, 2.75) is 32.2 Å². The zero-order valence-corrected chi connectivity index (χ0v) is 6.89. The minimum atomic E-state index is -1.83. The van der Waals surface area contributed by atoms with Crippen LogP contribution in [0.1, 0.15) is 13.8 Å². The third-order valence-electron chi connectivity index (χ3n) is 1.43. The second kappa shape index (κ2) is 4.30. The van der Waals surface area contributed by atoms with Crippen LogP contribution in [0.25, 0.3) is 0 Å². The smallest absolute Gasteiger partial charge is 0.229 e. The van der Waals surface area contributed by atoms with Gasteiger partial charge in [0, 0.05) is 6.92 Å². The topological polar surface area (TPSA) is 94.8 Å². The van der Waals surface area contributed by atoms with E-state index in [0.29, 0.717) is 0 Å². The molecule has 0 aliphatic heterocycles. The third kappa shape index (κ3) is 2.69. The van der Waals surface area contributed by atoms with Gasteiger partial charge in [0.1, 0.15) is 12.2 Å². The van der Waals surface area contributed by atoms with Crippen LogP contribution < -0.4 is 0 Å². The van der Waals surface area contributed by atoms with Crippen LogP contribution in [0.5, 0.6) is 0 Å². The van der Waals surface area contributed by atoms with Gasteiger partial charge >= 0.3 is 0 Å². The van der Waals surface area contributed by atoms with Gasteiger partial charge in [-0.25, -0.2) is 0 Å². The van der Waals surface area contributed by atoms with Crippen LogP contribution >= 0.6 is 0 Å². The summed E-state index contributed by atoms with van der Waals surface area (Å²) in [6.45, 7) is 2.20. The Morgan fingerprint density at radius 2 is 1.58 bits per heavy atom. The van der Waals surface area contributed by atoms with Crippen molar-refractivity contribution < 1.29 is 24.9 Å². The monoisotopic (exact) mass is 176 g/mol. The van der Waals surface area contributed by atoms with Crippen molar-refractivity contribution in [3.63, 3.8) is 0 Å². The number of hydrogen-bond acceptors (Lipinski definition) is 5. The highest BCUT2D eigenvalue weighted by Crippen LogP contribution is 2.01. The van der Waals surface area contributed by atoms with Crippen LogP contribution in [-0.4, -0.2) is 45.2 Å². The molecule has 0 aliphatic carbocycles. The van der Waals surface area contributed by atoms with Gasteiger partial charge in [-0.15, -0.1) is 0 Å². The summed E-state index contributed by atoms with van der Waals surface area (Å²) in [5, 5.41) is 26.6. The van der Waals surface area contributed by atoms with Crippen LogP contribution in [0.2, 0.25) is 0 Å². The Hall–Kier alpha value is -0.780. The minimum Gasteiger partial charge on any atom is -0.391 e. The van der Waals surface area contributed by atoms with E-state index < -0.39 is 29.9 Å². The SMILES string of the molecule is CC(=O)C(=O)C(O)C(O)C(C)O. The maximum atomic E-state index is 10.7. The van der Waals surface area contributed by atoms with Crippen molar-refractivity contribution in [1.29, 1.82) is 0 Å². The van der Waals surface area contributed by atoms with Crippen molar-refractivity contribution in [1.82, 2.24) is 0 Å². The number of carbonyl (C=O) groups is 2. The number of aliphatic hydroxyl groups excluding tert-OH is 3. The predicted octanol–water partition coefficient (Wildman–Crippen LogP) is -1.75. The Morgan fingerprint density at radius 3 is 1.83 bits per heavy atom. The van der Waals surface area contributed by atoms with E-state index in [1.54, 1.807) is 0 Å². The lowest BCUT2D eigenvalue weighted by Crippen LogP contribution is -2.43. The van der Waals surface area contributed by atoms with Crippen molar-refractivity contribution in [2.24, 2.45) is 0 Å². The first-order valence-corrected chi connectivity index (χ1v) is 3.47. The Morgan fingerprint density at radius 1 is 1.17 bits per heavy atom. The number of Topliss-reactive ketones (excluding diaryl/α,β-unsaturated/α-hetero) is 2. The molecule has 5 nitrogen and oxygen atoms in total. The summed E-state index contributed by atoms with van der Waals surface area (Å²) in [5.74, 6) is -1.94. The molecule has 70 valence electrons. The molecule has 0 aliphatic rings. The minimum absolute atomic E-state index is 0.845. The first-order chi connectivity index (χ1) is 5.37. The lowest BCUT2D eigenvalue weighted by atomic mass is 10.0. The van der Waals surface area contributed by atoms with Crippen LogP contribution in [-0.2, 0) is 9.59 Å². The van der Waals surface area contributed by atoms with Gasteiger partial charge < -0.3 is 15.3 Å². The maximum absolute atomic E-state index is 10.7. The predicted molar refractivity (Wildman–Crippen MR) is 39.4 cm³/mol. The highest BCUT2D eigenvalue weighted by molar-refractivity contribution is 6.38. The van der Waals surface area contributed by atoms with Gasteiger partial charge in [-0.05, 0) is 6.92 Å². The number of ketones is 2. The molecule has 5 heteroatoms. The van der Waals surface area contributed by atoms with Crippen molar-refractivity contribution in [2.75, 3.05) is 0 Å². The van der Waals surface area contributed by atoms with E-state index in [1.807, 2.05) is 0 Å². The van der Waals surface area contributed by atoms with Gasteiger partial charge in [0.2, 0.25) is 5.78 Å². The summed E-state index contributed by atoms with van der Waals surface area (Å²) in [5.41, 5.74) is 0. The number of rotatable bonds is 4. The highest BCUT2D eigenvalue weighted by atomic mass is 16.4. The fourth-order valence-corrected chi connectivity index (χ4v) is 0.627. The lowest BCUT2D eigenvalue weighted by molar-refractivity contribution is -0.147. The molecule has 0 fully saturated rings. The summed E-state index contributed by atoms with van der Waals surface area (Å²) in [6.07, 6.45) is -4.69. The second-order valence-corrected chi connectivity index (χ2v) is 2.60. The molecule has 0 saturated heterocycles. The molecule has 0 bridgehead atoms. The van der Waals surface area contributed by atoms with Gasteiger partial charge in [-0.1, -0.05) is 0 Å². The largest absolute Gasteiger partial charge is 0.391 e. The van der Waals surface area contributed by atoms with E-state index in [-0.39, 0.29) is 0 Å². The molecule has 3 N–H and O–H groups in total. The molecule has 0 aromatic rings. The van der Waals surface area contributed by atoms with E-state index in [9.17, 15) is 9.59 Å². The molecule has 0 aromatic heterocycles. The van der Waals surface area contributed by atoms with E-state index in [4.69, 9.17) is 15.3 Å². The number of hydrogen-bond donors (Lipinski definition) is 3. The molecule has 0 radical (unpaired) electrons. The van der Waals surface area contributed by atoms with Crippen LogP contribution in [0.15, 0.2) is 0 Å². The summed E-state index contributed by atoms with van der Waals surface area (Å²) in [7, 11) is 0. The van der Waals surface area contributed by atoms with Crippen molar-refractivity contribution in [3.05, 3.63) is 0 Å². The van der Waals surface area contributed by atoms with Crippen molar-refractivity contribution in [3.8, 4) is 0 Å². The molecule has 12 heavy (non-hydrogen) atoms. The fraction of sp³-hybridized carbons (Fsp3) is 0.714. The standard InChI is InChI=1S/C7H12O5/c1-3(8)5(10)7(12)6(11)4(2)9/h3,5,7-8,10,12H,1-2H3. The third-order valence-corrected chi connectivity index (χ3v) is 1.43. The average Bonchev–Trinajstić information content (AvgIpc) is 2.00. The quantitative estimate of drug-likeness (QED) is 0.441. The van der Waals surface area contributed by atoms with E-state index in [2.05, 4.69) is 0 Å². The molecule has 3 unspecified atom stereocenters. The number of carbonyl (C=O) groups excluding carboxylic acids is 2. The first-order valence-electron chi connectivity index (χ1n) is 3.47. The highest BCUT2D eigenvalue weighted by Gasteiger charge is 2.29. The Bertz CT molecular complexity index is 186. The second-order valence-electron chi connectivity index (χ2n) is 2.60. The molecule has 0 amide bonds. The van der Waals surface area contributed by atoms with Crippen LogP contribution in [0.3, 0.4) is 0 Å². The van der Waals surface area contributed by atoms with Gasteiger partial charge in [0.15, 0.2) is 5.78 Å². The van der Waals surface area contributed by atoms with E-state index in [0.717, 1.165) is 6.92 Å². The van der Waals surface area contributed by atoms with Gasteiger partial charge in [-0.3, -0.25) is 9.59 Å². The molecule has 0 spiro atoms.